The van der Waals surface area contributed by atoms with E-state index in [2.05, 4.69) is 32.6 Å². The van der Waals surface area contributed by atoms with Crippen LogP contribution in [0.5, 0.6) is 0 Å². The summed E-state index contributed by atoms with van der Waals surface area (Å²) in [5.41, 5.74) is 4.07. The van der Waals surface area contributed by atoms with E-state index in [9.17, 15) is 14.0 Å². The van der Waals surface area contributed by atoms with E-state index in [-0.39, 0.29) is 34.1 Å². The Balaban J connectivity index is 1.96. The number of hydrogen-bond donors (Lipinski definition) is 0. The van der Waals surface area contributed by atoms with Crippen molar-refractivity contribution < 1.29 is 14.0 Å². The van der Waals surface area contributed by atoms with Crippen molar-refractivity contribution in [1.82, 2.24) is 0 Å². The number of carbonyl (C=O) groups excluding carboxylic acids is 2. The van der Waals surface area contributed by atoms with Crippen molar-refractivity contribution in [2.45, 2.75) is 60.3 Å². The fraction of sp³-hybridized carbons (Fsp3) is 0.500. The molecule has 0 spiro atoms. The zero-order chi connectivity index (χ0) is 20.4. The van der Waals surface area contributed by atoms with Gasteiger partial charge in [-0.25, -0.2) is 4.39 Å². The molecule has 28 heavy (non-hydrogen) atoms. The van der Waals surface area contributed by atoms with Gasteiger partial charge in [0.05, 0.1) is 0 Å². The van der Waals surface area contributed by atoms with Crippen LogP contribution in [-0.4, -0.2) is 11.6 Å². The van der Waals surface area contributed by atoms with Gasteiger partial charge in [-0.15, -0.1) is 0 Å². The highest BCUT2D eigenvalue weighted by Crippen LogP contribution is 2.52. The minimum atomic E-state index is -0.294. The molecule has 3 aliphatic rings. The van der Waals surface area contributed by atoms with E-state index in [0.29, 0.717) is 12.8 Å². The van der Waals surface area contributed by atoms with Gasteiger partial charge in [0, 0.05) is 47.0 Å². The summed E-state index contributed by atoms with van der Waals surface area (Å²) in [6.45, 7) is 10.5. The van der Waals surface area contributed by atoms with Crippen LogP contribution in [0.2, 0.25) is 0 Å². The molecule has 4 heteroatoms. The van der Waals surface area contributed by atoms with Crippen molar-refractivity contribution >= 4 is 17.3 Å². The van der Waals surface area contributed by atoms with E-state index < -0.39 is 0 Å². The standard InChI is InChI=1S/C24H28FNO2/c1-14-21-17(10-23(2,3)12-19(21)27)26(16-8-6-15(25)7-9-16)18-11-24(4,5)13-20(28)22(14)18/h6-9,14H,10-13H2,1-5H3. The van der Waals surface area contributed by atoms with Crippen molar-refractivity contribution in [3.8, 4) is 0 Å². The molecule has 0 bridgehead atoms. The molecule has 0 saturated carbocycles. The minimum Gasteiger partial charge on any atom is -0.317 e. The van der Waals surface area contributed by atoms with E-state index in [1.54, 1.807) is 12.1 Å². The molecule has 0 N–H and O–H groups in total. The molecule has 0 fully saturated rings. The maximum Gasteiger partial charge on any atom is 0.161 e. The quantitative estimate of drug-likeness (QED) is 0.638. The average Bonchev–Trinajstić information content (AvgIpc) is 2.53. The number of rotatable bonds is 1. The Hall–Kier alpha value is -2.23. The largest absolute Gasteiger partial charge is 0.317 e. The monoisotopic (exact) mass is 381 g/mol. The predicted molar refractivity (Wildman–Crippen MR) is 108 cm³/mol. The number of Topliss-reactive ketones (excluding diaryl/α,β-unsaturated/α-hetero) is 2. The summed E-state index contributed by atoms with van der Waals surface area (Å²) in [6, 6.07) is 6.39. The molecule has 1 heterocycles. The first-order chi connectivity index (χ1) is 13.0. The maximum atomic E-state index is 13.6. The first-order valence-corrected chi connectivity index (χ1v) is 10.1. The second-order valence-corrected chi connectivity index (χ2v) is 10.1. The fourth-order valence-corrected chi connectivity index (χ4v) is 5.19. The molecule has 0 amide bonds. The molecule has 148 valence electrons. The summed E-state index contributed by atoms with van der Waals surface area (Å²) in [4.78, 5) is 28.3. The van der Waals surface area contributed by atoms with E-state index in [0.717, 1.165) is 41.1 Å². The van der Waals surface area contributed by atoms with Gasteiger partial charge in [0.2, 0.25) is 0 Å². The first kappa shape index (κ1) is 19.1. The smallest absolute Gasteiger partial charge is 0.161 e. The van der Waals surface area contributed by atoms with Gasteiger partial charge < -0.3 is 4.90 Å². The van der Waals surface area contributed by atoms with Gasteiger partial charge in [-0.3, -0.25) is 9.59 Å². The summed E-state index contributed by atoms with van der Waals surface area (Å²) in [6.07, 6.45) is 2.52. The summed E-state index contributed by atoms with van der Waals surface area (Å²) in [5.74, 6) is -0.198. The van der Waals surface area contributed by atoms with Crippen LogP contribution in [0.1, 0.15) is 60.3 Å². The molecule has 1 aliphatic heterocycles. The lowest BCUT2D eigenvalue weighted by atomic mass is 9.65. The topological polar surface area (TPSA) is 37.4 Å². The minimum absolute atomic E-state index is 0.134. The third-order valence-corrected chi connectivity index (χ3v) is 6.28. The number of nitrogens with zero attached hydrogens (tertiary/aromatic N) is 1. The highest BCUT2D eigenvalue weighted by atomic mass is 19.1. The van der Waals surface area contributed by atoms with Gasteiger partial charge in [0.15, 0.2) is 11.6 Å². The lowest BCUT2D eigenvalue weighted by molar-refractivity contribution is -0.119. The molecule has 1 aromatic carbocycles. The number of anilines is 1. The van der Waals surface area contributed by atoms with Crippen molar-refractivity contribution in [1.29, 1.82) is 0 Å². The Morgan fingerprint density at radius 1 is 0.821 bits per heavy atom. The molecule has 3 nitrogen and oxygen atoms in total. The Morgan fingerprint density at radius 3 is 1.68 bits per heavy atom. The molecule has 2 aliphatic carbocycles. The van der Waals surface area contributed by atoms with Gasteiger partial charge in [-0.05, 0) is 47.9 Å². The number of ketones is 2. The van der Waals surface area contributed by atoms with Crippen LogP contribution in [0.15, 0.2) is 46.8 Å². The Labute approximate surface area is 166 Å². The van der Waals surface area contributed by atoms with Crippen LogP contribution in [0.25, 0.3) is 0 Å². The lowest BCUT2D eigenvalue weighted by Gasteiger charge is -2.48. The van der Waals surface area contributed by atoms with Crippen molar-refractivity contribution in [3.63, 3.8) is 0 Å². The van der Waals surface area contributed by atoms with Crippen molar-refractivity contribution in [3.05, 3.63) is 52.6 Å². The number of hydrogen-bond acceptors (Lipinski definition) is 3. The van der Waals surface area contributed by atoms with E-state index in [1.807, 2.05) is 6.92 Å². The molecule has 0 atom stereocenters. The molecular formula is C24H28FNO2. The summed E-state index contributed by atoms with van der Waals surface area (Å²) < 4.78 is 13.6. The molecule has 0 unspecified atom stereocenters. The molecule has 1 aromatic rings. The summed E-state index contributed by atoms with van der Waals surface area (Å²) >= 11 is 0. The zero-order valence-corrected chi connectivity index (χ0v) is 17.4. The first-order valence-electron chi connectivity index (χ1n) is 10.1. The van der Waals surface area contributed by atoms with Gasteiger partial charge in [0.1, 0.15) is 5.82 Å². The van der Waals surface area contributed by atoms with E-state index >= 15 is 0 Å². The van der Waals surface area contributed by atoms with Crippen LogP contribution >= 0.6 is 0 Å². The van der Waals surface area contributed by atoms with Gasteiger partial charge in [-0.2, -0.15) is 0 Å². The Bertz CT molecular complexity index is 880. The van der Waals surface area contributed by atoms with E-state index in [1.165, 1.54) is 12.1 Å². The maximum absolute atomic E-state index is 13.6. The number of benzene rings is 1. The number of allylic oxidation sites excluding steroid dienone is 4. The zero-order valence-electron chi connectivity index (χ0n) is 17.4. The van der Waals surface area contributed by atoms with Crippen molar-refractivity contribution in [2.75, 3.05) is 4.90 Å². The van der Waals surface area contributed by atoms with Crippen LogP contribution in [0.4, 0.5) is 10.1 Å². The Kier molecular flexibility index (Phi) is 4.18. The lowest BCUT2D eigenvalue weighted by Crippen LogP contribution is -2.44. The van der Waals surface area contributed by atoms with Crippen molar-refractivity contribution in [2.24, 2.45) is 16.7 Å². The number of carbonyl (C=O) groups is 2. The molecule has 0 saturated heterocycles. The molecular weight excluding hydrogens is 353 g/mol. The van der Waals surface area contributed by atoms with E-state index in [4.69, 9.17) is 0 Å². The average molecular weight is 381 g/mol. The normalized spacial score (nSPS) is 24.4. The van der Waals surface area contributed by atoms with Crippen LogP contribution in [0.3, 0.4) is 0 Å². The highest BCUT2D eigenvalue weighted by Gasteiger charge is 2.47. The van der Waals surface area contributed by atoms with Gasteiger partial charge in [0.25, 0.3) is 0 Å². The summed E-state index contributed by atoms with van der Waals surface area (Å²) in [7, 11) is 0. The SMILES string of the molecule is CC1C2=C(CC(C)(C)CC2=O)N(c2ccc(F)cc2)C2=C1C(=O)CC(C)(C)C2. The molecule has 0 radical (unpaired) electrons. The van der Waals surface area contributed by atoms with Crippen LogP contribution < -0.4 is 4.90 Å². The van der Waals surface area contributed by atoms with Crippen LogP contribution in [-0.2, 0) is 9.59 Å². The highest BCUT2D eigenvalue weighted by molar-refractivity contribution is 6.06. The second-order valence-electron chi connectivity index (χ2n) is 10.1. The van der Waals surface area contributed by atoms with Crippen LogP contribution in [0, 0.1) is 22.6 Å². The molecule has 0 aromatic heterocycles. The second kappa shape index (κ2) is 6.13. The van der Waals surface area contributed by atoms with Gasteiger partial charge >= 0.3 is 0 Å². The van der Waals surface area contributed by atoms with Gasteiger partial charge in [-0.1, -0.05) is 34.6 Å². The third kappa shape index (κ3) is 3.03. The third-order valence-electron chi connectivity index (χ3n) is 6.28. The number of halogens is 1. The fourth-order valence-electron chi connectivity index (χ4n) is 5.19. The molecule has 4 rings (SSSR count). The summed E-state index contributed by atoms with van der Waals surface area (Å²) in [5, 5.41) is 0. The Morgan fingerprint density at radius 2 is 1.25 bits per heavy atom. The predicted octanol–water partition coefficient (Wildman–Crippen LogP) is 5.57.